The summed E-state index contributed by atoms with van der Waals surface area (Å²) in [6.45, 7) is 1.60. The van der Waals surface area contributed by atoms with Gasteiger partial charge in [0.1, 0.15) is 6.04 Å². The third-order valence-corrected chi connectivity index (χ3v) is 5.60. The van der Waals surface area contributed by atoms with Gasteiger partial charge < -0.3 is 5.11 Å². The van der Waals surface area contributed by atoms with Crippen molar-refractivity contribution in [2.75, 3.05) is 6.54 Å². The van der Waals surface area contributed by atoms with Gasteiger partial charge in [0.05, 0.1) is 0 Å². The van der Waals surface area contributed by atoms with Crippen LogP contribution in [0.3, 0.4) is 0 Å². The number of carbonyl (C=O) groups is 1. The van der Waals surface area contributed by atoms with Crippen LogP contribution in [-0.2, 0) is 11.3 Å². The van der Waals surface area contributed by atoms with E-state index in [1.165, 1.54) is 15.3 Å². The lowest BCUT2D eigenvalue weighted by molar-refractivity contribution is -0.142. The number of hydrogen-bond acceptors (Lipinski definition) is 3. The second kappa shape index (κ2) is 6.30. The lowest BCUT2D eigenvalue weighted by atomic mass is 10.2. The molecule has 1 aliphatic heterocycles. The molecule has 1 aromatic carbocycles. The molecule has 1 saturated heterocycles. The van der Waals surface area contributed by atoms with Crippen molar-refractivity contribution in [2.45, 2.75) is 25.4 Å². The summed E-state index contributed by atoms with van der Waals surface area (Å²) < 4.78 is 1.09. The summed E-state index contributed by atoms with van der Waals surface area (Å²) in [6, 6.07) is 12.1. The van der Waals surface area contributed by atoms with Gasteiger partial charge in [-0.2, -0.15) is 0 Å². The Hall–Kier alpha value is -1.17. The highest BCUT2D eigenvalue weighted by Crippen LogP contribution is 2.34. The van der Waals surface area contributed by atoms with Crippen molar-refractivity contribution in [3.63, 3.8) is 0 Å². The molecule has 5 heteroatoms. The fourth-order valence-corrected chi connectivity index (χ4v) is 4.47. The summed E-state index contributed by atoms with van der Waals surface area (Å²) in [4.78, 5) is 15.7. The SMILES string of the molecule is O=C(O)[C@@H]1CCCN1Cc1ccc(-c2ccccc2Br)s1. The Morgan fingerprint density at radius 3 is 2.90 bits per heavy atom. The zero-order valence-electron chi connectivity index (χ0n) is 11.5. The molecule has 0 aliphatic carbocycles. The Morgan fingerprint density at radius 1 is 1.33 bits per heavy atom. The molecule has 0 spiro atoms. The predicted molar refractivity (Wildman–Crippen MR) is 88.5 cm³/mol. The Bertz CT molecular complexity index is 655. The third-order valence-electron chi connectivity index (χ3n) is 3.81. The largest absolute Gasteiger partial charge is 0.480 e. The van der Waals surface area contributed by atoms with E-state index in [-0.39, 0.29) is 6.04 Å². The molecule has 0 amide bonds. The standard InChI is InChI=1S/C16H16BrNO2S/c17-13-5-2-1-4-12(13)15-8-7-11(21-15)10-18-9-3-6-14(18)16(19)20/h1-2,4-5,7-8,14H,3,6,9-10H2,(H,19,20)/t14-/m0/s1. The van der Waals surface area contributed by atoms with Crippen LogP contribution in [-0.4, -0.2) is 28.6 Å². The zero-order valence-corrected chi connectivity index (χ0v) is 13.9. The summed E-state index contributed by atoms with van der Waals surface area (Å²) in [5.74, 6) is -0.699. The molecular weight excluding hydrogens is 350 g/mol. The quantitative estimate of drug-likeness (QED) is 0.881. The zero-order chi connectivity index (χ0) is 14.8. The number of rotatable bonds is 4. The first kappa shape index (κ1) is 14.8. The van der Waals surface area contributed by atoms with Gasteiger partial charge in [0.25, 0.3) is 0 Å². The molecule has 0 saturated carbocycles. The molecule has 21 heavy (non-hydrogen) atoms. The fraction of sp³-hybridized carbons (Fsp3) is 0.312. The van der Waals surface area contributed by atoms with Crippen molar-refractivity contribution in [3.05, 3.63) is 45.7 Å². The Kier molecular flexibility index (Phi) is 4.42. The van der Waals surface area contributed by atoms with Gasteiger partial charge in [-0.05, 0) is 37.6 Å². The fourth-order valence-electron chi connectivity index (χ4n) is 2.76. The molecule has 2 aromatic rings. The maximum Gasteiger partial charge on any atom is 0.320 e. The highest BCUT2D eigenvalue weighted by atomic mass is 79.9. The summed E-state index contributed by atoms with van der Waals surface area (Å²) in [6.07, 6.45) is 1.73. The van der Waals surface area contributed by atoms with Crippen LogP contribution in [0.15, 0.2) is 40.9 Å². The first-order valence-electron chi connectivity index (χ1n) is 6.95. The minimum atomic E-state index is -0.699. The maximum atomic E-state index is 11.2. The van der Waals surface area contributed by atoms with Crippen molar-refractivity contribution in [2.24, 2.45) is 0 Å². The molecule has 1 aromatic heterocycles. The molecule has 1 atom stereocenters. The molecule has 1 N–H and O–H groups in total. The molecule has 1 fully saturated rings. The first-order valence-corrected chi connectivity index (χ1v) is 8.56. The van der Waals surface area contributed by atoms with Gasteiger partial charge in [0.2, 0.25) is 0 Å². The number of carboxylic acid groups (broad SMARTS) is 1. The van der Waals surface area contributed by atoms with Crippen molar-refractivity contribution >= 4 is 33.2 Å². The monoisotopic (exact) mass is 365 g/mol. The minimum Gasteiger partial charge on any atom is -0.480 e. The first-order chi connectivity index (χ1) is 10.1. The normalized spacial score (nSPS) is 19.0. The van der Waals surface area contributed by atoms with E-state index >= 15 is 0 Å². The molecule has 0 bridgehead atoms. The van der Waals surface area contributed by atoms with Crippen LogP contribution in [0.2, 0.25) is 0 Å². The van der Waals surface area contributed by atoms with Gasteiger partial charge in [-0.1, -0.05) is 34.1 Å². The van der Waals surface area contributed by atoms with Crippen molar-refractivity contribution in [1.29, 1.82) is 0 Å². The van der Waals surface area contributed by atoms with Crippen LogP contribution in [0.5, 0.6) is 0 Å². The lowest BCUT2D eigenvalue weighted by Gasteiger charge is -2.19. The van der Waals surface area contributed by atoms with E-state index in [0.29, 0.717) is 0 Å². The van der Waals surface area contributed by atoms with Gasteiger partial charge in [-0.15, -0.1) is 11.3 Å². The van der Waals surface area contributed by atoms with Crippen LogP contribution < -0.4 is 0 Å². The van der Waals surface area contributed by atoms with E-state index in [1.807, 2.05) is 18.2 Å². The topological polar surface area (TPSA) is 40.5 Å². The van der Waals surface area contributed by atoms with Gasteiger partial charge in [0, 0.05) is 26.3 Å². The van der Waals surface area contributed by atoms with Crippen LogP contribution in [0.1, 0.15) is 17.7 Å². The van der Waals surface area contributed by atoms with E-state index in [1.54, 1.807) is 11.3 Å². The number of likely N-dealkylation sites (tertiary alicyclic amines) is 1. The van der Waals surface area contributed by atoms with Gasteiger partial charge in [-0.3, -0.25) is 9.69 Å². The molecule has 3 nitrogen and oxygen atoms in total. The van der Waals surface area contributed by atoms with Crippen LogP contribution >= 0.6 is 27.3 Å². The number of hydrogen-bond donors (Lipinski definition) is 1. The number of aliphatic carboxylic acids is 1. The van der Waals surface area contributed by atoms with Crippen molar-refractivity contribution < 1.29 is 9.90 Å². The minimum absolute atomic E-state index is 0.320. The smallest absolute Gasteiger partial charge is 0.320 e. The second-order valence-electron chi connectivity index (χ2n) is 5.21. The highest BCUT2D eigenvalue weighted by molar-refractivity contribution is 9.10. The summed E-state index contributed by atoms with van der Waals surface area (Å²) in [7, 11) is 0. The maximum absolute atomic E-state index is 11.2. The molecule has 0 radical (unpaired) electrons. The second-order valence-corrected chi connectivity index (χ2v) is 7.24. The van der Waals surface area contributed by atoms with E-state index in [9.17, 15) is 9.90 Å². The molecule has 2 heterocycles. The Labute approximate surface area is 136 Å². The van der Waals surface area contributed by atoms with Crippen LogP contribution in [0, 0.1) is 0 Å². The number of carboxylic acids is 1. The molecule has 110 valence electrons. The molecule has 1 aliphatic rings. The van der Waals surface area contributed by atoms with E-state index in [0.717, 1.165) is 30.4 Å². The van der Waals surface area contributed by atoms with Crippen molar-refractivity contribution in [1.82, 2.24) is 4.90 Å². The average molecular weight is 366 g/mol. The third kappa shape index (κ3) is 3.20. The lowest BCUT2D eigenvalue weighted by Crippen LogP contribution is -2.35. The molecular formula is C16H16BrNO2S. The van der Waals surface area contributed by atoms with E-state index in [4.69, 9.17) is 0 Å². The van der Waals surface area contributed by atoms with Gasteiger partial charge >= 0.3 is 5.97 Å². The number of thiophene rings is 1. The molecule has 0 unspecified atom stereocenters. The summed E-state index contributed by atoms with van der Waals surface area (Å²) in [5, 5.41) is 9.24. The summed E-state index contributed by atoms with van der Waals surface area (Å²) in [5.41, 5.74) is 1.19. The predicted octanol–water partition coefficient (Wildman–Crippen LogP) is 4.23. The van der Waals surface area contributed by atoms with Gasteiger partial charge in [-0.25, -0.2) is 0 Å². The highest BCUT2D eigenvalue weighted by Gasteiger charge is 2.30. The summed E-state index contributed by atoms with van der Waals surface area (Å²) >= 11 is 5.31. The average Bonchev–Trinajstić information content (AvgIpc) is 3.09. The van der Waals surface area contributed by atoms with E-state index in [2.05, 4.69) is 39.0 Å². The number of benzene rings is 1. The van der Waals surface area contributed by atoms with E-state index < -0.39 is 5.97 Å². The number of halogens is 1. The Morgan fingerprint density at radius 2 is 2.14 bits per heavy atom. The van der Waals surface area contributed by atoms with Crippen LogP contribution in [0.25, 0.3) is 10.4 Å². The van der Waals surface area contributed by atoms with Crippen LogP contribution in [0.4, 0.5) is 0 Å². The van der Waals surface area contributed by atoms with Gasteiger partial charge in [0.15, 0.2) is 0 Å². The number of nitrogens with zero attached hydrogens (tertiary/aromatic N) is 1. The molecule has 3 rings (SSSR count). The van der Waals surface area contributed by atoms with Crippen molar-refractivity contribution in [3.8, 4) is 10.4 Å². The Balaban J connectivity index is 1.77.